The lowest BCUT2D eigenvalue weighted by Crippen LogP contribution is -1.99. The summed E-state index contributed by atoms with van der Waals surface area (Å²) in [5.74, 6) is 0. The molecule has 1 aromatic heterocycles. The SMILES string of the molecule is Cc1ccc([N+](=O)[O-])cc1-n1cc(Br)cn1. The van der Waals surface area contributed by atoms with Crippen LogP contribution in [0, 0.1) is 17.0 Å². The highest BCUT2D eigenvalue weighted by molar-refractivity contribution is 9.10. The first-order valence-corrected chi connectivity index (χ1v) is 5.33. The van der Waals surface area contributed by atoms with Crippen LogP contribution in [0.2, 0.25) is 0 Å². The largest absolute Gasteiger partial charge is 0.271 e. The summed E-state index contributed by atoms with van der Waals surface area (Å²) in [5, 5.41) is 14.8. The van der Waals surface area contributed by atoms with Gasteiger partial charge in [0.1, 0.15) is 0 Å². The van der Waals surface area contributed by atoms with E-state index in [1.54, 1.807) is 23.1 Å². The molecular weight excluding hydrogens is 274 g/mol. The van der Waals surface area contributed by atoms with Crippen molar-refractivity contribution in [1.82, 2.24) is 9.78 Å². The van der Waals surface area contributed by atoms with Crippen LogP contribution < -0.4 is 0 Å². The Morgan fingerprint density at radius 2 is 2.25 bits per heavy atom. The summed E-state index contributed by atoms with van der Waals surface area (Å²) in [4.78, 5) is 10.3. The van der Waals surface area contributed by atoms with Gasteiger partial charge in [0.05, 0.1) is 21.3 Å². The number of nitrogens with zero attached hydrogens (tertiary/aromatic N) is 3. The number of nitro benzene ring substituents is 1. The molecule has 1 aromatic carbocycles. The van der Waals surface area contributed by atoms with E-state index in [1.165, 1.54) is 12.1 Å². The Bertz CT molecular complexity index is 551. The van der Waals surface area contributed by atoms with Crippen LogP contribution in [0.1, 0.15) is 5.56 Å². The zero-order chi connectivity index (χ0) is 11.7. The van der Waals surface area contributed by atoms with Gasteiger partial charge in [0.15, 0.2) is 0 Å². The van der Waals surface area contributed by atoms with Crippen LogP contribution in [0.3, 0.4) is 0 Å². The summed E-state index contributed by atoms with van der Waals surface area (Å²) in [7, 11) is 0. The molecule has 0 saturated carbocycles. The van der Waals surface area contributed by atoms with E-state index in [0.29, 0.717) is 5.69 Å². The molecule has 0 radical (unpaired) electrons. The molecule has 2 aromatic rings. The van der Waals surface area contributed by atoms with Gasteiger partial charge < -0.3 is 0 Å². The first-order valence-electron chi connectivity index (χ1n) is 4.53. The van der Waals surface area contributed by atoms with E-state index in [-0.39, 0.29) is 5.69 Å². The van der Waals surface area contributed by atoms with Crippen LogP contribution in [0.5, 0.6) is 0 Å². The Labute approximate surface area is 100.0 Å². The summed E-state index contributed by atoms with van der Waals surface area (Å²) in [6.07, 6.45) is 3.39. The average Bonchev–Trinajstić information content (AvgIpc) is 2.65. The third kappa shape index (κ3) is 1.96. The second kappa shape index (κ2) is 4.05. The van der Waals surface area contributed by atoms with Crippen LogP contribution in [-0.2, 0) is 0 Å². The molecule has 6 heteroatoms. The second-order valence-corrected chi connectivity index (χ2v) is 4.25. The van der Waals surface area contributed by atoms with Crippen molar-refractivity contribution in [2.75, 3.05) is 0 Å². The highest BCUT2D eigenvalue weighted by atomic mass is 79.9. The number of rotatable bonds is 2. The summed E-state index contributed by atoms with van der Waals surface area (Å²) in [5.41, 5.74) is 1.70. The Kier molecular flexibility index (Phi) is 2.74. The summed E-state index contributed by atoms with van der Waals surface area (Å²) < 4.78 is 2.44. The Morgan fingerprint density at radius 3 is 2.81 bits per heavy atom. The second-order valence-electron chi connectivity index (χ2n) is 3.33. The minimum absolute atomic E-state index is 0.0622. The number of benzene rings is 1. The molecule has 0 N–H and O–H groups in total. The molecular formula is C10H8BrN3O2. The van der Waals surface area contributed by atoms with Gasteiger partial charge in [0, 0.05) is 18.3 Å². The van der Waals surface area contributed by atoms with E-state index in [2.05, 4.69) is 21.0 Å². The number of nitro groups is 1. The Balaban J connectivity index is 2.55. The molecule has 0 bridgehead atoms. The molecule has 5 nitrogen and oxygen atoms in total. The zero-order valence-electron chi connectivity index (χ0n) is 8.42. The third-order valence-electron chi connectivity index (χ3n) is 2.20. The van der Waals surface area contributed by atoms with Crippen molar-refractivity contribution in [2.45, 2.75) is 6.92 Å². The number of halogens is 1. The molecule has 0 unspecified atom stereocenters. The van der Waals surface area contributed by atoms with Crippen LogP contribution in [0.15, 0.2) is 35.1 Å². The summed E-state index contributed by atoms with van der Waals surface area (Å²) >= 11 is 3.28. The standard InChI is InChI=1S/C10H8BrN3O2/c1-7-2-3-9(14(15)16)4-10(7)13-6-8(11)5-12-13/h2-6H,1H3. The van der Waals surface area contributed by atoms with Crippen molar-refractivity contribution >= 4 is 21.6 Å². The van der Waals surface area contributed by atoms with Crippen molar-refractivity contribution in [3.8, 4) is 5.69 Å². The molecule has 16 heavy (non-hydrogen) atoms. The van der Waals surface area contributed by atoms with Crippen molar-refractivity contribution in [3.05, 3.63) is 50.7 Å². The van der Waals surface area contributed by atoms with Gasteiger partial charge in [-0.05, 0) is 28.4 Å². The Morgan fingerprint density at radius 1 is 1.50 bits per heavy atom. The molecule has 0 aliphatic carbocycles. The van der Waals surface area contributed by atoms with E-state index < -0.39 is 4.92 Å². The van der Waals surface area contributed by atoms with Gasteiger partial charge in [-0.25, -0.2) is 4.68 Å². The van der Waals surface area contributed by atoms with Gasteiger partial charge in [-0.2, -0.15) is 5.10 Å². The van der Waals surface area contributed by atoms with Gasteiger partial charge in [-0.3, -0.25) is 10.1 Å². The van der Waals surface area contributed by atoms with E-state index in [4.69, 9.17) is 0 Å². The highest BCUT2D eigenvalue weighted by Crippen LogP contribution is 2.21. The fourth-order valence-corrected chi connectivity index (χ4v) is 1.68. The van der Waals surface area contributed by atoms with Gasteiger partial charge in [-0.1, -0.05) is 6.07 Å². The molecule has 0 aliphatic heterocycles. The van der Waals surface area contributed by atoms with Crippen molar-refractivity contribution in [2.24, 2.45) is 0 Å². The molecule has 2 rings (SSSR count). The maximum atomic E-state index is 10.7. The average molecular weight is 282 g/mol. The van der Waals surface area contributed by atoms with Crippen LogP contribution in [0.25, 0.3) is 5.69 Å². The van der Waals surface area contributed by atoms with Crippen molar-refractivity contribution in [1.29, 1.82) is 0 Å². The molecule has 0 saturated heterocycles. The monoisotopic (exact) mass is 281 g/mol. The first kappa shape index (κ1) is 10.8. The smallest absolute Gasteiger partial charge is 0.258 e. The van der Waals surface area contributed by atoms with Gasteiger partial charge >= 0.3 is 0 Å². The van der Waals surface area contributed by atoms with Crippen molar-refractivity contribution in [3.63, 3.8) is 0 Å². The van der Waals surface area contributed by atoms with E-state index in [0.717, 1.165) is 10.0 Å². The molecule has 0 fully saturated rings. The number of non-ortho nitro benzene ring substituents is 1. The maximum absolute atomic E-state index is 10.7. The maximum Gasteiger partial charge on any atom is 0.271 e. The lowest BCUT2D eigenvalue weighted by molar-refractivity contribution is -0.384. The third-order valence-corrected chi connectivity index (χ3v) is 2.61. The molecule has 0 spiro atoms. The van der Waals surface area contributed by atoms with Crippen molar-refractivity contribution < 1.29 is 4.92 Å². The minimum Gasteiger partial charge on any atom is -0.258 e. The minimum atomic E-state index is -0.415. The first-order chi connectivity index (χ1) is 7.58. The fraction of sp³-hybridized carbons (Fsp3) is 0.100. The topological polar surface area (TPSA) is 61.0 Å². The van der Waals surface area contributed by atoms with Gasteiger partial charge in [0.2, 0.25) is 0 Å². The van der Waals surface area contributed by atoms with Crippen LogP contribution >= 0.6 is 15.9 Å². The van der Waals surface area contributed by atoms with Gasteiger partial charge in [0.25, 0.3) is 5.69 Å². The summed E-state index contributed by atoms with van der Waals surface area (Å²) in [6, 6.07) is 4.70. The normalized spacial score (nSPS) is 10.4. The van der Waals surface area contributed by atoms with Crippen LogP contribution in [-0.4, -0.2) is 14.7 Å². The highest BCUT2D eigenvalue weighted by Gasteiger charge is 2.10. The molecule has 0 atom stereocenters. The number of aryl methyl sites for hydroxylation is 1. The lowest BCUT2D eigenvalue weighted by Gasteiger charge is -2.04. The van der Waals surface area contributed by atoms with Crippen LogP contribution in [0.4, 0.5) is 5.69 Å². The molecule has 82 valence electrons. The number of hydrogen-bond donors (Lipinski definition) is 0. The molecule has 1 heterocycles. The summed E-state index contributed by atoms with van der Waals surface area (Å²) in [6.45, 7) is 1.88. The zero-order valence-corrected chi connectivity index (χ0v) is 10.0. The quantitative estimate of drug-likeness (QED) is 0.628. The lowest BCUT2D eigenvalue weighted by atomic mass is 10.2. The molecule has 0 aliphatic rings. The Hall–Kier alpha value is -1.69. The molecule has 0 amide bonds. The fourth-order valence-electron chi connectivity index (χ4n) is 1.39. The van der Waals surface area contributed by atoms with Gasteiger partial charge in [-0.15, -0.1) is 0 Å². The number of aromatic nitrogens is 2. The van der Waals surface area contributed by atoms with E-state index in [1.807, 2.05) is 6.92 Å². The predicted molar refractivity (Wildman–Crippen MR) is 62.7 cm³/mol. The number of hydrogen-bond acceptors (Lipinski definition) is 3. The predicted octanol–water partition coefficient (Wildman–Crippen LogP) is 2.85. The van der Waals surface area contributed by atoms with E-state index >= 15 is 0 Å². The van der Waals surface area contributed by atoms with E-state index in [9.17, 15) is 10.1 Å².